The van der Waals surface area contributed by atoms with E-state index in [1.165, 1.54) is 21.3 Å². The molecule has 12 heteroatoms. The third-order valence-corrected chi connectivity index (χ3v) is 7.78. The van der Waals surface area contributed by atoms with Gasteiger partial charge in [-0.1, -0.05) is 17.7 Å². The van der Waals surface area contributed by atoms with Gasteiger partial charge in [0.15, 0.2) is 9.84 Å². The average molecular weight is 575 g/mol. The van der Waals surface area contributed by atoms with Crippen LogP contribution in [0.2, 0.25) is 0 Å². The quantitative estimate of drug-likeness (QED) is 0.122. The van der Waals surface area contributed by atoms with Crippen LogP contribution in [-0.2, 0) is 52.6 Å². The minimum absolute atomic E-state index is 0.0206. The Morgan fingerprint density at radius 3 is 1.36 bits per heavy atom. The zero-order valence-electron chi connectivity index (χ0n) is 23.4. The number of carbonyl (C=O) groups excluding carboxylic acids is 3. The van der Waals surface area contributed by atoms with Gasteiger partial charge in [-0.25, -0.2) is 8.42 Å². The van der Waals surface area contributed by atoms with Crippen molar-refractivity contribution < 1.29 is 51.2 Å². The van der Waals surface area contributed by atoms with Gasteiger partial charge in [0, 0.05) is 39.1 Å². The van der Waals surface area contributed by atoms with Crippen molar-refractivity contribution in [3.8, 4) is 0 Å². The number of hydrogen-bond acceptors (Lipinski definition) is 11. The summed E-state index contributed by atoms with van der Waals surface area (Å²) >= 11 is 0. The Bertz CT molecular complexity index is 909. The molecule has 222 valence electrons. The van der Waals surface area contributed by atoms with Crippen molar-refractivity contribution >= 4 is 27.7 Å². The van der Waals surface area contributed by atoms with E-state index in [2.05, 4.69) is 14.2 Å². The zero-order valence-corrected chi connectivity index (χ0v) is 24.2. The van der Waals surface area contributed by atoms with Crippen molar-refractivity contribution in [1.82, 2.24) is 0 Å². The molecule has 1 aromatic rings. The van der Waals surface area contributed by atoms with E-state index in [9.17, 15) is 22.8 Å². The maximum absolute atomic E-state index is 13.5. The lowest BCUT2D eigenvalue weighted by molar-refractivity contribution is -0.141. The van der Waals surface area contributed by atoms with Gasteiger partial charge in [-0.2, -0.15) is 0 Å². The average Bonchev–Trinajstić information content (AvgIpc) is 2.91. The third-order valence-electron chi connectivity index (χ3n) is 5.79. The zero-order chi connectivity index (χ0) is 29.2. The van der Waals surface area contributed by atoms with Gasteiger partial charge in [0.2, 0.25) is 0 Å². The Hall–Kier alpha value is -2.54. The van der Waals surface area contributed by atoms with E-state index in [1.54, 1.807) is 24.3 Å². The fourth-order valence-corrected chi connectivity index (χ4v) is 5.38. The molecule has 0 saturated carbocycles. The molecule has 0 fully saturated rings. The van der Waals surface area contributed by atoms with Crippen LogP contribution in [0.1, 0.15) is 44.1 Å². The topological polar surface area (TPSA) is 141 Å². The Kier molecular flexibility index (Phi) is 16.5. The smallest absolute Gasteiger partial charge is 0.305 e. The highest BCUT2D eigenvalue weighted by molar-refractivity contribution is 7.91. The summed E-state index contributed by atoms with van der Waals surface area (Å²) in [6, 6.07) is 6.57. The van der Waals surface area contributed by atoms with Crippen molar-refractivity contribution in [2.75, 3.05) is 66.7 Å². The van der Waals surface area contributed by atoms with Crippen molar-refractivity contribution in [2.24, 2.45) is 5.41 Å². The van der Waals surface area contributed by atoms with Crippen LogP contribution in [0.3, 0.4) is 0 Å². The number of rotatable bonds is 21. The van der Waals surface area contributed by atoms with E-state index in [1.807, 2.05) is 6.92 Å². The minimum atomic E-state index is -3.78. The molecule has 0 unspecified atom stereocenters. The van der Waals surface area contributed by atoms with Gasteiger partial charge in [-0.15, -0.1) is 0 Å². The Labute approximate surface area is 231 Å². The van der Waals surface area contributed by atoms with Crippen LogP contribution in [0.4, 0.5) is 0 Å². The predicted molar refractivity (Wildman–Crippen MR) is 142 cm³/mol. The van der Waals surface area contributed by atoms with Crippen molar-refractivity contribution in [3.63, 3.8) is 0 Å². The number of esters is 3. The molecule has 11 nitrogen and oxygen atoms in total. The lowest BCUT2D eigenvalue weighted by Crippen LogP contribution is -2.43. The summed E-state index contributed by atoms with van der Waals surface area (Å²) in [5.74, 6) is -1.42. The first-order valence-corrected chi connectivity index (χ1v) is 14.5. The fraction of sp³-hybridized carbons (Fsp3) is 0.667. The Morgan fingerprint density at radius 2 is 1.03 bits per heavy atom. The van der Waals surface area contributed by atoms with Gasteiger partial charge in [-0.05, 0) is 38.3 Å². The molecule has 0 spiro atoms. The summed E-state index contributed by atoms with van der Waals surface area (Å²) in [7, 11) is 0.137. The molecule has 1 rings (SSSR count). The van der Waals surface area contributed by atoms with Crippen LogP contribution >= 0.6 is 0 Å². The minimum Gasteiger partial charge on any atom is -0.469 e. The number of ether oxygens (including phenoxy) is 6. The first-order valence-electron chi connectivity index (χ1n) is 12.8. The molecule has 39 heavy (non-hydrogen) atoms. The van der Waals surface area contributed by atoms with Gasteiger partial charge < -0.3 is 28.4 Å². The maximum atomic E-state index is 13.5. The standard InChI is InChI=1S/C27H42O11S/c1-22-11-13-23(14-12-22)39(31,32)21-27(18-36-15-5-8-24(28)33-2,19-37-16-6-9-25(29)34-3)20-38-17-7-10-26(30)35-4/h11-14H,5-10,15-21H2,1-4H3. The van der Waals surface area contributed by atoms with Crippen LogP contribution < -0.4 is 0 Å². The second-order valence-electron chi connectivity index (χ2n) is 9.27. The molecule has 0 aliphatic carbocycles. The molecule has 0 bridgehead atoms. The summed E-state index contributed by atoms with van der Waals surface area (Å²) in [6.45, 7) is 2.41. The first kappa shape index (κ1) is 34.5. The molecule has 0 heterocycles. The van der Waals surface area contributed by atoms with E-state index in [0.717, 1.165) is 5.56 Å². The van der Waals surface area contributed by atoms with Gasteiger partial charge in [0.25, 0.3) is 0 Å². The van der Waals surface area contributed by atoms with Crippen LogP contribution in [0.5, 0.6) is 0 Å². The molecule has 1 aromatic carbocycles. The van der Waals surface area contributed by atoms with Crippen LogP contribution in [-0.4, -0.2) is 93.0 Å². The lowest BCUT2D eigenvalue weighted by Gasteiger charge is -2.33. The van der Waals surface area contributed by atoms with E-state index in [0.29, 0.717) is 19.3 Å². The summed E-state index contributed by atoms with van der Waals surface area (Å²) in [4.78, 5) is 34.4. The second kappa shape index (κ2) is 18.7. The molecule has 0 amide bonds. The summed E-state index contributed by atoms with van der Waals surface area (Å²) in [5, 5.41) is 0. The van der Waals surface area contributed by atoms with Crippen LogP contribution in [0.15, 0.2) is 29.2 Å². The predicted octanol–water partition coefficient (Wildman–Crippen LogP) is 2.66. The Morgan fingerprint density at radius 1 is 0.667 bits per heavy atom. The monoisotopic (exact) mass is 574 g/mol. The number of benzene rings is 1. The molecule has 0 atom stereocenters. The molecule has 0 aliphatic heterocycles. The second-order valence-corrected chi connectivity index (χ2v) is 11.3. The highest BCUT2D eigenvalue weighted by Crippen LogP contribution is 2.27. The van der Waals surface area contributed by atoms with Crippen molar-refractivity contribution in [2.45, 2.75) is 50.3 Å². The van der Waals surface area contributed by atoms with Gasteiger partial charge in [-0.3, -0.25) is 14.4 Å². The Balaban J connectivity index is 3.05. The normalized spacial score (nSPS) is 11.7. The highest BCUT2D eigenvalue weighted by Gasteiger charge is 2.38. The number of hydrogen-bond donors (Lipinski definition) is 0. The molecule has 0 N–H and O–H groups in total. The number of sulfone groups is 1. The number of methoxy groups -OCH3 is 3. The fourth-order valence-electron chi connectivity index (χ4n) is 3.61. The van der Waals surface area contributed by atoms with E-state index >= 15 is 0 Å². The SMILES string of the molecule is COC(=O)CCCOCC(COCCCC(=O)OC)(COCCCC(=O)OC)CS(=O)(=O)c1ccc(C)cc1. The summed E-state index contributed by atoms with van der Waals surface area (Å²) < 4.78 is 58.4. The summed E-state index contributed by atoms with van der Waals surface area (Å²) in [6.07, 6.45) is 1.69. The van der Waals surface area contributed by atoms with E-state index in [-0.39, 0.29) is 87.5 Å². The largest absolute Gasteiger partial charge is 0.469 e. The van der Waals surface area contributed by atoms with Crippen molar-refractivity contribution in [3.05, 3.63) is 29.8 Å². The summed E-state index contributed by atoms with van der Waals surface area (Å²) in [5.41, 5.74) is -0.178. The molecular weight excluding hydrogens is 532 g/mol. The maximum Gasteiger partial charge on any atom is 0.305 e. The molecule has 0 saturated heterocycles. The number of carbonyl (C=O) groups is 3. The van der Waals surface area contributed by atoms with Gasteiger partial charge in [0.1, 0.15) is 0 Å². The lowest BCUT2D eigenvalue weighted by atomic mass is 9.93. The third kappa shape index (κ3) is 14.4. The molecule has 0 radical (unpaired) electrons. The van der Waals surface area contributed by atoms with E-state index in [4.69, 9.17) is 14.2 Å². The van der Waals surface area contributed by atoms with E-state index < -0.39 is 15.3 Å². The van der Waals surface area contributed by atoms with Crippen LogP contribution in [0.25, 0.3) is 0 Å². The molecular formula is C27H42O11S. The highest BCUT2D eigenvalue weighted by atomic mass is 32.2. The first-order chi connectivity index (χ1) is 18.6. The van der Waals surface area contributed by atoms with Gasteiger partial charge >= 0.3 is 17.9 Å². The molecule has 0 aliphatic rings. The molecule has 0 aromatic heterocycles. The number of aryl methyl sites for hydroxylation is 1. The van der Waals surface area contributed by atoms with Crippen molar-refractivity contribution in [1.29, 1.82) is 0 Å². The van der Waals surface area contributed by atoms with Gasteiger partial charge in [0.05, 0.1) is 57.2 Å². The van der Waals surface area contributed by atoms with Crippen LogP contribution in [0, 0.1) is 12.3 Å².